The zero-order valence-corrected chi connectivity index (χ0v) is 19.6. The van der Waals surface area contributed by atoms with Crippen molar-refractivity contribution in [2.45, 2.75) is 18.4 Å². The van der Waals surface area contributed by atoms with Gasteiger partial charge < -0.3 is 10.1 Å². The Kier molecular flexibility index (Phi) is 7.48. The van der Waals surface area contributed by atoms with Crippen LogP contribution in [0.4, 0.5) is 5.69 Å². The van der Waals surface area contributed by atoms with Gasteiger partial charge in [0.05, 0.1) is 4.90 Å². The molecule has 3 aromatic carbocycles. The highest BCUT2D eigenvalue weighted by Gasteiger charge is 2.21. The van der Waals surface area contributed by atoms with E-state index in [1.165, 1.54) is 16.4 Å². The molecule has 0 spiro atoms. The van der Waals surface area contributed by atoms with Gasteiger partial charge in [-0.1, -0.05) is 46.3 Å². The Labute approximate surface area is 191 Å². The Morgan fingerprint density at radius 3 is 2.35 bits per heavy atom. The van der Waals surface area contributed by atoms with E-state index in [0.29, 0.717) is 11.4 Å². The van der Waals surface area contributed by atoms with E-state index in [1.54, 1.807) is 25.2 Å². The molecular formula is C23H23BrN2O4S. The number of halogens is 1. The number of rotatable bonds is 8. The van der Waals surface area contributed by atoms with Crippen LogP contribution in [0.1, 0.15) is 11.1 Å². The van der Waals surface area contributed by atoms with Crippen molar-refractivity contribution in [3.63, 3.8) is 0 Å². The molecule has 0 aliphatic heterocycles. The van der Waals surface area contributed by atoms with Gasteiger partial charge in [-0.15, -0.1) is 0 Å². The maximum atomic E-state index is 12.8. The number of sulfonamides is 1. The molecule has 8 heteroatoms. The summed E-state index contributed by atoms with van der Waals surface area (Å²) >= 11 is 3.42. The highest BCUT2D eigenvalue weighted by atomic mass is 79.9. The van der Waals surface area contributed by atoms with Crippen molar-refractivity contribution in [2.24, 2.45) is 0 Å². The van der Waals surface area contributed by atoms with Crippen LogP contribution in [-0.2, 0) is 21.4 Å². The monoisotopic (exact) mass is 502 g/mol. The van der Waals surface area contributed by atoms with Gasteiger partial charge in [0.1, 0.15) is 5.75 Å². The highest BCUT2D eigenvalue weighted by molar-refractivity contribution is 9.10. The summed E-state index contributed by atoms with van der Waals surface area (Å²) in [4.78, 5) is 12.3. The smallest absolute Gasteiger partial charge is 0.262 e. The number of carbonyl (C=O) groups excluding carboxylic acids is 1. The molecule has 0 radical (unpaired) electrons. The zero-order chi connectivity index (χ0) is 22.4. The summed E-state index contributed by atoms with van der Waals surface area (Å²) in [5.41, 5.74) is 2.40. The molecule has 1 amide bonds. The lowest BCUT2D eigenvalue weighted by Crippen LogP contribution is -2.26. The van der Waals surface area contributed by atoms with Gasteiger partial charge in [-0.05, 0) is 60.5 Å². The third-order valence-electron chi connectivity index (χ3n) is 4.59. The van der Waals surface area contributed by atoms with Crippen LogP contribution in [0.25, 0.3) is 0 Å². The quantitative estimate of drug-likeness (QED) is 0.488. The van der Waals surface area contributed by atoms with Crippen molar-refractivity contribution >= 4 is 37.5 Å². The van der Waals surface area contributed by atoms with Crippen LogP contribution < -0.4 is 10.1 Å². The third kappa shape index (κ3) is 6.16. The molecule has 0 atom stereocenters. The summed E-state index contributed by atoms with van der Waals surface area (Å²) in [5.74, 6) is 0.260. The first-order valence-corrected chi connectivity index (χ1v) is 11.8. The standard InChI is InChI=1S/C23H23BrN2O4S/c1-17-14-20(10-13-22(17)24)30-16-23(27)25-19-8-11-21(12-9-19)31(28,29)26(2)15-18-6-4-3-5-7-18/h3-14H,15-16H2,1-2H3,(H,25,27). The van der Waals surface area contributed by atoms with E-state index in [0.717, 1.165) is 15.6 Å². The van der Waals surface area contributed by atoms with Gasteiger partial charge in [-0.3, -0.25) is 4.79 Å². The lowest BCUT2D eigenvalue weighted by Gasteiger charge is -2.17. The summed E-state index contributed by atoms with van der Waals surface area (Å²) in [5, 5.41) is 2.70. The number of amides is 1. The first-order chi connectivity index (χ1) is 14.8. The summed E-state index contributed by atoms with van der Waals surface area (Å²) in [6, 6.07) is 20.9. The Hall–Kier alpha value is -2.68. The van der Waals surface area contributed by atoms with E-state index in [9.17, 15) is 13.2 Å². The lowest BCUT2D eigenvalue weighted by molar-refractivity contribution is -0.118. The molecule has 6 nitrogen and oxygen atoms in total. The van der Waals surface area contributed by atoms with Crippen LogP contribution in [0, 0.1) is 6.92 Å². The Balaban J connectivity index is 1.58. The molecule has 162 valence electrons. The average molecular weight is 503 g/mol. The third-order valence-corrected chi connectivity index (χ3v) is 7.30. The molecular weight excluding hydrogens is 480 g/mol. The van der Waals surface area contributed by atoms with Gasteiger partial charge in [0, 0.05) is 23.8 Å². The lowest BCUT2D eigenvalue weighted by atomic mass is 10.2. The maximum absolute atomic E-state index is 12.8. The predicted octanol–water partition coefficient (Wildman–Crippen LogP) is 4.60. The van der Waals surface area contributed by atoms with Crippen molar-refractivity contribution < 1.29 is 17.9 Å². The van der Waals surface area contributed by atoms with Crippen molar-refractivity contribution in [3.05, 3.63) is 88.4 Å². The molecule has 0 fully saturated rings. The molecule has 0 aliphatic carbocycles. The predicted molar refractivity (Wildman–Crippen MR) is 125 cm³/mol. The second-order valence-corrected chi connectivity index (χ2v) is 9.92. The number of nitrogens with one attached hydrogen (secondary N) is 1. The van der Waals surface area contributed by atoms with Gasteiger partial charge in [0.15, 0.2) is 6.61 Å². The molecule has 0 bridgehead atoms. The maximum Gasteiger partial charge on any atom is 0.262 e. The molecule has 0 saturated carbocycles. The Bertz CT molecular complexity index is 1150. The van der Waals surface area contributed by atoms with Crippen molar-refractivity contribution in [2.75, 3.05) is 19.0 Å². The van der Waals surface area contributed by atoms with Gasteiger partial charge in [-0.25, -0.2) is 8.42 Å². The topological polar surface area (TPSA) is 75.7 Å². The summed E-state index contributed by atoms with van der Waals surface area (Å²) in [6.45, 7) is 2.05. The molecule has 31 heavy (non-hydrogen) atoms. The van der Waals surface area contributed by atoms with E-state index in [4.69, 9.17) is 4.74 Å². The molecule has 0 saturated heterocycles. The van der Waals surface area contributed by atoms with E-state index in [1.807, 2.05) is 49.4 Å². The normalized spacial score (nSPS) is 11.4. The Morgan fingerprint density at radius 1 is 1.03 bits per heavy atom. The molecule has 1 N–H and O–H groups in total. The molecule has 3 aromatic rings. The zero-order valence-electron chi connectivity index (χ0n) is 17.2. The van der Waals surface area contributed by atoms with Crippen molar-refractivity contribution in [3.8, 4) is 5.75 Å². The van der Waals surface area contributed by atoms with Crippen LogP contribution in [0.15, 0.2) is 82.2 Å². The largest absolute Gasteiger partial charge is 0.484 e. The Morgan fingerprint density at radius 2 is 1.71 bits per heavy atom. The number of aryl methyl sites for hydroxylation is 1. The van der Waals surface area contributed by atoms with E-state index >= 15 is 0 Å². The first kappa shape index (κ1) is 23.0. The van der Waals surface area contributed by atoms with Crippen LogP contribution in [0.3, 0.4) is 0 Å². The van der Waals surface area contributed by atoms with Crippen LogP contribution in [0.5, 0.6) is 5.75 Å². The highest BCUT2D eigenvalue weighted by Crippen LogP contribution is 2.22. The number of hydrogen-bond acceptors (Lipinski definition) is 4. The van der Waals surface area contributed by atoms with Crippen molar-refractivity contribution in [1.29, 1.82) is 0 Å². The fourth-order valence-electron chi connectivity index (χ4n) is 2.87. The first-order valence-electron chi connectivity index (χ1n) is 9.55. The van der Waals surface area contributed by atoms with Gasteiger partial charge in [0.2, 0.25) is 10.0 Å². The molecule has 0 heterocycles. The second kappa shape index (κ2) is 10.1. The number of ether oxygens (including phenoxy) is 1. The van der Waals surface area contributed by atoms with Crippen LogP contribution >= 0.6 is 15.9 Å². The van der Waals surface area contributed by atoms with E-state index < -0.39 is 10.0 Å². The van der Waals surface area contributed by atoms with Gasteiger partial charge in [-0.2, -0.15) is 4.31 Å². The number of nitrogens with zero attached hydrogens (tertiary/aromatic N) is 1. The number of hydrogen-bond donors (Lipinski definition) is 1. The van der Waals surface area contributed by atoms with Crippen molar-refractivity contribution in [1.82, 2.24) is 4.31 Å². The minimum Gasteiger partial charge on any atom is -0.484 e. The van der Waals surface area contributed by atoms with E-state index in [-0.39, 0.29) is 24.0 Å². The minimum atomic E-state index is -3.64. The van der Waals surface area contributed by atoms with E-state index in [2.05, 4.69) is 21.2 Å². The molecule has 3 rings (SSSR count). The fourth-order valence-corrected chi connectivity index (χ4v) is 4.27. The fraction of sp³-hybridized carbons (Fsp3) is 0.174. The summed E-state index contributed by atoms with van der Waals surface area (Å²) in [6.07, 6.45) is 0. The minimum absolute atomic E-state index is 0.152. The summed E-state index contributed by atoms with van der Waals surface area (Å²) in [7, 11) is -2.10. The average Bonchev–Trinajstić information content (AvgIpc) is 2.75. The number of anilines is 1. The summed E-state index contributed by atoms with van der Waals surface area (Å²) < 4.78 is 33.4. The molecule has 0 aromatic heterocycles. The second-order valence-electron chi connectivity index (χ2n) is 7.02. The molecule has 0 unspecified atom stereocenters. The SMILES string of the molecule is Cc1cc(OCC(=O)Nc2ccc(S(=O)(=O)N(C)Cc3ccccc3)cc2)ccc1Br. The van der Waals surface area contributed by atoms with Gasteiger partial charge in [0.25, 0.3) is 5.91 Å². The van der Waals surface area contributed by atoms with Crippen LogP contribution in [-0.4, -0.2) is 32.3 Å². The van der Waals surface area contributed by atoms with Gasteiger partial charge >= 0.3 is 0 Å². The number of carbonyl (C=O) groups is 1. The molecule has 0 aliphatic rings. The number of benzene rings is 3. The van der Waals surface area contributed by atoms with Crippen LogP contribution in [0.2, 0.25) is 0 Å².